The molecule has 1 aliphatic rings. The molecule has 1 heterocycles. The Morgan fingerprint density at radius 1 is 1.33 bits per heavy atom. The minimum atomic E-state index is -0.960. The van der Waals surface area contributed by atoms with Crippen LogP contribution in [0.5, 0.6) is 0 Å². The summed E-state index contributed by atoms with van der Waals surface area (Å²) in [5.74, 6) is 0. The van der Waals surface area contributed by atoms with Crippen molar-refractivity contribution in [3.63, 3.8) is 0 Å². The lowest BCUT2D eigenvalue weighted by Crippen LogP contribution is -2.40. The van der Waals surface area contributed by atoms with E-state index in [1.165, 1.54) is 38.1 Å². The zero-order valence-electron chi connectivity index (χ0n) is 8.47. The normalized spacial score (nSPS) is 19.8. The van der Waals surface area contributed by atoms with Crippen molar-refractivity contribution in [1.82, 2.24) is 4.90 Å². The second-order valence-electron chi connectivity index (χ2n) is 4.64. The van der Waals surface area contributed by atoms with E-state index in [1.807, 2.05) is 0 Å². The lowest BCUT2D eigenvalue weighted by atomic mass is 10.4. The minimum Gasteiger partial charge on any atom is -0.306 e. The van der Waals surface area contributed by atoms with Gasteiger partial charge in [0.2, 0.25) is 0 Å². The molecule has 0 N–H and O–H groups in total. The number of allylic oxidation sites excluding steroid dienone is 1. The highest BCUT2D eigenvalue weighted by molar-refractivity contribution is 6.77. The molecule has 1 fully saturated rings. The van der Waals surface area contributed by atoms with Gasteiger partial charge >= 0.3 is 0 Å². The second kappa shape index (κ2) is 4.24. The molecule has 0 atom stereocenters. The molecule has 0 amide bonds. The third-order valence-electron chi connectivity index (χ3n) is 2.55. The standard InChI is InChI=1S/C10H21NSi/c1-4-9-12(2,3)10-11-7-5-6-8-11/h4H,1,5-10H2,2-3H3. The fourth-order valence-electron chi connectivity index (χ4n) is 2.00. The summed E-state index contributed by atoms with van der Waals surface area (Å²) in [5, 5.41) is 0. The molecular weight excluding hydrogens is 162 g/mol. The van der Waals surface area contributed by atoms with E-state index in [0.717, 1.165) is 0 Å². The molecule has 1 rings (SSSR count). The molecule has 0 saturated carbocycles. The maximum atomic E-state index is 3.84. The Morgan fingerprint density at radius 3 is 2.42 bits per heavy atom. The van der Waals surface area contributed by atoms with Crippen molar-refractivity contribution < 1.29 is 0 Å². The Hall–Kier alpha value is -0.0831. The van der Waals surface area contributed by atoms with Gasteiger partial charge in [0, 0.05) is 0 Å². The molecule has 1 saturated heterocycles. The largest absolute Gasteiger partial charge is 0.306 e. The van der Waals surface area contributed by atoms with Gasteiger partial charge in [-0.2, -0.15) is 0 Å². The van der Waals surface area contributed by atoms with E-state index in [4.69, 9.17) is 0 Å². The van der Waals surface area contributed by atoms with Gasteiger partial charge in [-0.05, 0) is 38.1 Å². The van der Waals surface area contributed by atoms with Crippen LogP contribution in [0.3, 0.4) is 0 Å². The van der Waals surface area contributed by atoms with Crippen LogP contribution in [0.25, 0.3) is 0 Å². The molecule has 0 aromatic rings. The molecule has 0 aromatic heterocycles. The van der Waals surface area contributed by atoms with Crippen molar-refractivity contribution in [2.75, 3.05) is 19.3 Å². The summed E-state index contributed by atoms with van der Waals surface area (Å²) in [6.45, 7) is 11.4. The second-order valence-corrected chi connectivity index (χ2v) is 9.69. The molecule has 70 valence electrons. The summed E-state index contributed by atoms with van der Waals surface area (Å²) in [4.78, 5) is 2.63. The first kappa shape index (κ1) is 10.0. The van der Waals surface area contributed by atoms with Crippen molar-refractivity contribution in [3.8, 4) is 0 Å². The fraction of sp³-hybridized carbons (Fsp3) is 0.800. The Labute approximate surface area is 77.5 Å². The van der Waals surface area contributed by atoms with E-state index in [0.29, 0.717) is 0 Å². The molecule has 0 bridgehead atoms. The highest BCUT2D eigenvalue weighted by Crippen LogP contribution is 2.15. The monoisotopic (exact) mass is 183 g/mol. The first-order valence-corrected chi connectivity index (χ1v) is 8.39. The van der Waals surface area contributed by atoms with E-state index in [1.54, 1.807) is 0 Å². The van der Waals surface area contributed by atoms with Crippen LogP contribution in [0.15, 0.2) is 12.7 Å². The van der Waals surface area contributed by atoms with Crippen molar-refractivity contribution in [1.29, 1.82) is 0 Å². The van der Waals surface area contributed by atoms with Crippen LogP contribution < -0.4 is 0 Å². The lowest BCUT2D eigenvalue weighted by Gasteiger charge is -2.26. The van der Waals surface area contributed by atoms with Crippen LogP contribution in [-0.4, -0.2) is 32.2 Å². The number of rotatable bonds is 4. The fourth-order valence-corrected chi connectivity index (χ4v) is 4.44. The van der Waals surface area contributed by atoms with Crippen LogP contribution in [-0.2, 0) is 0 Å². The summed E-state index contributed by atoms with van der Waals surface area (Å²) in [7, 11) is -0.960. The summed E-state index contributed by atoms with van der Waals surface area (Å²) < 4.78 is 0. The average Bonchev–Trinajstić information content (AvgIpc) is 2.38. The van der Waals surface area contributed by atoms with Crippen molar-refractivity contribution in [2.24, 2.45) is 0 Å². The van der Waals surface area contributed by atoms with Gasteiger partial charge in [0.25, 0.3) is 0 Å². The van der Waals surface area contributed by atoms with E-state index in [9.17, 15) is 0 Å². The summed E-state index contributed by atoms with van der Waals surface area (Å²) >= 11 is 0. The first-order chi connectivity index (χ1) is 5.64. The minimum absolute atomic E-state index is 0.960. The number of hydrogen-bond donors (Lipinski definition) is 0. The zero-order chi connectivity index (χ0) is 9.03. The number of nitrogens with zero attached hydrogens (tertiary/aromatic N) is 1. The summed E-state index contributed by atoms with van der Waals surface area (Å²) in [6, 6.07) is 1.27. The van der Waals surface area contributed by atoms with Crippen molar-refractivity contribution >= 4 is 8.07 Å². The van der Waals surface area contributed by atoms with Gasteiger partial charge in [-0.3, -0.25) is 0 Å². The summed E-state index contributed by atoms with van der Waals surface area (Å²) in [5.41, 5.74) is 0. The van der Waals surface area contributed by atoms with Crippen LogP contribution in [0.1, 0.15) is 12.8 Å². The van der Waals surface area contributed by atoms with Crippen LogP contribution in [0, 0.1) is 0 Å². The third kappa shape index (κ3) is 3.11. The number of likely N-dealkylation sites (tertiary alicyclic amines) is 1. The van der Waals surface area contributed by atoms with Gasteiger partial charge in [0.15, 0.2) is 0 Å². The maximum absolute atomic E-state index is 3.84. The highest BCUT2D eigenvalue weighted by Gasteiger charge is 2.23. The SMILES string of the molecule is C=CC[Si](C)(C)CN1CCCC1. The summed E-state index contributed by atoms with van der Waals surface area (Å²) in [6.07, 6.45) is 6.30. The molecule has 0 unspecified atom stereocenters. The molecule has 1 nitrogen and oxygen atoms in total. The smallest absolute Gasteiger partial charge is 0.0666 e. The van der Waals surface area contributed by atoms with E-state index >= 15 is 0 Å². The van der Waals surface area contributed by atoms with Crippen LogP contribution in [0.4, 0.5) is 0 Å². The Kier molecular flexibility index (Phi) is 3.53. The molecule has 0 spiro atoms. The Morgan fingerprint density at radius 2 is 1.92 bits per heavy atom. The van der Waals surface area contributed by atoms with E-state index in [-0.39, 0.29) is 0 Å². The topological polar surface area (TPSA) is 3.24 Å². The van der Waals surface area contributed by atoms with Gasteiger partial charge in [-0.25, -0.2) is 0 Å². The first-order valence-electron chi connectivity index (χ1n) is 4.97. The van der Waals surface area contributed by atoms with Gasteiger partial charge in [0.1, 0.15) is 0 Å². The zero-order valence-corrected chi connectivity index (χ0v) is 9.47. The van der Waals surface area contributed by atoms with Gasteiger partial charge in [-0.15, -0.1) is 6.58 Å². The lowest BCUT2D eigenvalue weighted by molar-refractivity contribution is 0.389. The molecule has 0 radical (unpaired) electrons. The molecule has 1 aliphatic heterocycles. The quantitative estimate of drug-likeness (QED) is 0.478. The van der Waals surface area contributed by atoms with Crippen molar-refractivity contribution in [2.45, 2.75) is 32.0 Å². The predicted octanol–water partition coefficient (Wildman–Crippen LogP) is 2.52. The molecule has 2 heteroatoms. The average molecular weight is 183 g/mol. The molecule has 12 heavy (non-hydrogen) atoms. The Balaban J connectivity index is 2.31. The van der Waals surface area contributed by atoms with Crippen LogP contribution >= 0.6 is 0 Å². The van der Waals surface area contributed by atoms with Gasteiger partial charge in [-0.1, -0.05) is 19.2 Å². The predicted molar refractivity (Wildman–Crippen MR) is 58.2 cm³/mol. The molecule has 0 aliphatic carbocycles. The van der Waals surface area contributed by atoms with Gasteiger partial charge < -0.3 is 4.90 Å². The Bertz CT molecular complexity index is 148. The van der Waals surface area contributed by atoms with E-state index < -0.39 is 8.07 Å². The molecular formula is C10H21NSi. The van der Waals surface area contributed by atoms with Crippen LogP contribution in [0.2, 0.25) is 19.1 Å². The maximum Gasteiger partial charge on any atom is 0.0666 e. The molecule has 0 aromatic carbocycles. The third-order valence-corrected chi connectivity index (χ3v) is 5.24. The van der Waals surface area contributed by atoms with E-state index in [2.05, 4.69) is 30.6 Å². The number of hydrogen-bond acceptors (Lipinski definition) is 1. The highest BCUT2D eigenvalue weighted by atomic mass is 28.3. The van der Waals surface area contributed by atoms with Gasteiger partial charge in [0.05, 0.1) is 8.07 Å². The van der Waals surface area contributed by atoms with Crippen molar-refractivity contribution in [3.05, 3.63) is 12.7 Å².